The van der Waals surface area contributed by atoms with Crippen LogP contribution in [-0.2, 0) is 14.3 Å². The number of ether oxygens (including phenoxy) is 1. The lowest BCUT2D eigenvalue weighted by Crippen LogP contribution is -2.65. The van der Waals surface area contributed by atoms with Gasteiger partial charge in [0.1, 0.15) is 5.54 Å². The Kier molecular flexibility index (Phi) is 4.22. The summed E-state index contributed by atoms with van der Waals surface area (Å²) in [5, 5.41) is 2.91. The predicted octanol–water partition coefficient (Wildman–Crippen LogP) is 0.684. The molecule has 0 atom stereocenters. The molecule has 102 valence electrons. The molecule has 1 heterocycles. The molecular weight excluding hydrogens is 232 g/mol. The third-order valence-corrected chi connectivity index (χ3v) is 3.79. The number of carbonyl (C=O) groups excluding carboxylic acids is 2. The molecule has 2 aliphatic rings. The van der Waals surface area contributed by atoms with E-state index in [4.69, 9.17) is 4.74 Å². The van der Waals surface area contributed by atoms with E-state index in [-0.39, 0.29) is 18.4 Å². The second-order valence-corrected chi connectivity index (χ2v) is 5.11. The fraction of sp³-hybridized carbons (Fsp3) is 0.846. The Balaban J connectivity index is 1.93. The van der Waals surface area contributed by atoms with E-state index in [1.807, 2.05) is 6.92 Å². The van der Waals surface area contributed by atoms with Crippen molar-refractivity contribution in [2.24, 2.45) is 0 Å². The number of piperazine rings is 1. The third-order valence-electron chi connectivity index (χ3n) is 3.79. The van der Waals surface area contributed by atoms with E-state index >= 15 is 0 Å². The van der Waals surface area contributed by atoms with Gasteiger partial charge in [0.2, 0.25) is 11.8 Å². The van der Waals surface area contributed by atoms with Crippen molar-refractivity contribution in [3.63, 3.8) is 0 Å². The lowest BCUT2D eigenvalue weighted by molar-refractivity contribution is -0.149. The first-order valence-electron chi connectivity index (χ1n) is 6.86. The molecule has 1 aliphatic carbocycles. The van der Waals surface area contributed by atoms with Gasteiger partial charge in [-0.2, -0.15) is 0 Å². The molecule has 2 rings (SSSR count). The number of amides is 2. The molecule has 0 aromatic rings. The van der Waals surface area contributed by atoms with Crippen LogP contribution < -0.4 is 5.32 Å². The van der Waals surface area contributed by atoms with Gasteiger partial charge >= 0.3 is 0 Å². The van der Waals surface area contributed by atoms with Gasteiger partial charge in [-0.05, 0) is 26.2 Å². The van der Waals surface area contributed by atoms with Crippen LogP contribution in [0.2, 0.25) is 0 Å². The standard InChI is InChI=1S/C13H22N2O3/c1-2-18-9-5-8-15-10-11(16)14-13(12(15)17)6-3-4-7-13/h2-10H2,1H3,(H,14,16). The fourth-order valence-corrected chi connectivity index (χ4v) is 2.91. The molecular formula is C13H22N2O3. The molecule has 0 aromatic heterocycles. The zero-order valence-corrected chi connectivity index (χ0v) is 11.0. The predicted molar refractivity (Wildman–Crippen MR) is 67.0 cm³/mol. The molecule has 1 N–H and O–H groups in total. The molecule has 18 heavy (non-hydrogen) atoms. The Morgan fingerprint density at radius 1 is 1.33 bits per heavy atom. The van der Waals surface area contributed by atoms with Crippen molar-refractivity contribution in [1.82, 2.24) is 10.2 Å². The van der Waals surface area contributed by atoms with E-state index in [1.54, 1.807) is 4.90 Å². The molecule has 1 aliphatic heterocycles. The Morgan fingerprint density at radius 2 is 2.06 bits per heavy atom. The minimum Gasteiger partial charge on any atom is -0.382 e. The molecule has 0 bridgehead atoms. The normalized spacial score (nSPS) is 22.6. The Bertz CT molecular complexity index is 324. The summed E-state index contributed by atoms with van der Waals surface area (Å²) in [6.07, 6.45) is 4.43. The first kappa shape index (κ1) is 13.3. The first-order chi connectivity index (χ1) is 8.68. The van der Waals surface area contributed by atoms with Crippen LogP contribution in [0.1, 0.15) is 39.0 Å². The minimum absolute atomic E-state index is 0.0205. The Labute approximate surface area is 108 Å². The maximum absolute atomic E-state index is 12.4. The third kappa shape index (κ3) is 2.66. The van der Waals surface area contributed by atoms with Crippen molar-refractivity contribution >= 4 is 11.8 Å². The van der Waals surface area contributed by atoms with Gasteiger partial charge in [0.15, 0.2) is 0 Å². The van der Waals surface area contributed by atoms with Crippen molar-refractivity contribution in [2.75, 3.05) is 26.3 Å². The molecule has 1 saturated heterocycles. The number of carbonyl (C=O) groups is 2. The lowest BCUT2D eigenvalue weighted by Gasteiger charge is -2.39. The second kappa shape index (κ2) is 5.69. The maximum Gasteiger partial charge on any atom is 0.248 e. The summed E-state index contributed by atoms with van der Waals surface area (Å²) < 4.78 is 5.27. The topological polar surface area (TPSA) is 58.6 Å². The van der Waals surface area contributed by atoms with Crippen LogP contribution in [0.15, 0.2) is 0 Å². The largest absolute Gasteiger partial charge is 0.382 e. The van der Waals surface area contributed by atoms with Crippen molar-refractivity contribution in [3.8, 4) is 0 Å². The van der Waals surface area contributed by atoms with E-state index in [1.165, 1.54) is 0 Å². The van der Waals surface area contributed by atoms with Crippen LogP contribution in [0.4, 0.5) is 0 Å². The first-order valence-corrected chi connectivity index (χ1v) is 6.86. The van der Waals surface area contributed by atoms with Crippen LogP contribution in [0, 0.1) is 0 Å². The average molecular weight is 254 g/mol. The van der Waals surface area contributed by atoms with Gasteiger partial charge in [-0.3, -0.25) is 9.59 Å². The highest BCUT2D eigenvalue weighted by molar-refractivity contribution is 5.98. The van der Waals surface area contributed by atoms with Crippen molar-refractivity contribution in [2.45, 2.75) is 44.6 Å². The Hall–Kier alpha value is -1.10. The van der Waals surface area contributed by atoms with Gasteiger partial charge in [-0.1, -0.05) is 12.8 Å². The summed E-state index contributed by atoms with van der Waals surface area (Å²) in [4.78, 5) is 25.9. The van der Waals surface area contributed by atoms with Gasteiger partial charge in [0.25, 0.3) is 0 Å². The smallest absolute Gasteiger partial charge is 0.248 e. The zero-order chi connectivity index (χ0) is 13.0. The van der Waals surface area contributed by atoms with Gasteiger partial charge in [0, 0.05) is 19.8 Å². The number of nitrogens with one attached hydrogen (secondary N) is 1. The summed E-state index contributed by atoms with van der Waals surface area (Å²) in [5.74, 6) is 0.0870. The number of nitrogens with zero attached hydrogens (tertiary/aromatic N) is 1. The van der Waals surface area contributed by atoms with Crippen LogP contribution in [0.5, 0.6) is 0 Å². The number of hydrogen-bond donors (Lipinski definition) is 1. The van der Waals surface area contributed by atoms with Gasteiger partial charge in [-0.15, -0.1) is 0 Å². The van der Waals surface area contributed by atoms with Gasteiger partial charge < -0.3 is 15.0 Å². The van der Waals surface area contributed by atoms with Crippen LogP contribution in [0.25, 0.3) is 0 Å². The molecule has 0 aromatic carbocycles. The highest BCUT2D eigenvalue weighted by Gasteiger charge is 2.47. The number of rotatable bonds is 5. The highest BCUT2D eigenvalue weighted by Crippen LogP contribution is 2.33. The molecule has 2 amide bonds. The van der Waals surface area contributed by atoms with Crippen LogP contribution in [-0.4, -0.2) is 48.6 Å². The van der Waals surface area contributed by atoms with E-state index in [2.05, 4.69) is 5.32 Å². The summed E-state index contributed by atoms with van der Waals surface area (Å²) in [5.41, 5.74) is -0.582. The quantitative estimate of drug-likeness (QED) is 0.734. The van der Waals surface area contributed by atoms with E-state index in [9.17, 15) is 9.59 Å². The van der Waals surface area contributed by atoms with Crippen molar-refractivity contribution < 1.29 is 14.3 Å². The highest BCUT2D eigenvalue weighted by atomic mass is 16.5. The zero-order valence-electron chi connectivity index (χ0n) is 11.0. The van der Waals surface area contributed by atoms with Crippen LogP contribution in [0.3, 0.4) is 0 Å². The average Bonchev–Trinajstić information content (AvgIpc) is 2.80. The Morgan fingerprint density at radius 3 is 2.72 bits per heavy atom. The molecule has 2 fully saturated rings. The molecule has 0 unspecified atom stereocenters. The second-order valence-electron chi connectivity index (χ2n) is 5.11. The molecule has 5 heteroatoms. The molecule has 0 radical (unpaired) electrons. The lowest BCUT2D eigenvalue weighted by atomic mass is 9.93. The van der Waals surface area contributed by atoms with E-state index < -0.39 is 5.54 Å². The van der Waals surface area contributed by atoms with E-state index in [0.29, 0.717) is 19.8 Å². The maximum atomic E-state index is 12.4. The minimum atomic E-state index is -0.582. The van der Waals surface area contributed by atoms with E-state index in [0.717, 1.165) is 32.1 Å². The SMILES string of the molecule is CCOCCCN1CC(=O)NC2(CCCC2)C1=O. The van der Waals surface area contributed by atoms with Crippen LogP contribution >= 0.6 is 0 Å². The molecule has 5 nitrogen and oxygen atoms in total. The van der Waals surface area contributed by atoms with Gasteiger partial charge in [0.05, 0.1) is 6.54 Å². The number of hydrogen-bond acceptors (Lipinski definition) is 3. The summed E-state index contributed by atoms with van der Waals surface area (Å²) in [6, 6.07) is 0. The monoisotopic (exact) mass is 254 g/mol. The molecule has 1 saturated carbocycles. The summed E-state index contributed by atoms with van der Waals surface area (Å²) in [6.45, 7) is 4.11. The molecule has 1 spiro atoms. The summed E-state index contributed by atoms with van der Waals surface area (Å²) in [7, 11) is 0. The van der Waals surface area contributed by atoms with Crippen molar-refractivity contribution in [1.29, 1.82) is 0 Å². The van der Waals surface area contributed by atoms with Crippen molar-refractivity contribution in [3.05, 3.63) is 0 Å². The summed E-state index contributed by atoms with van der Waals surface area (Å²) >= 11 is 0. The van der Waals surface area contributed by atoms with Gasteiger partial charge in [-0.25, -0.2) is 0 Å². The fourth-order valence-electron chi connectivity index (χ4n) is 2.91.